The lowest BCUT2D eigenvalue weighted by Crippen LogP contribution is -1.73. The molecule has 13 heavy (non-hydrogen) atoms. The number of unbranched alkanes of at least 4 members (excludes halogenated alkanes) is 5. The Bertz CT molecular complexity index is 204. The van der Waals surface area contributed by atoms with E-state index in [0.29, 0.717) is 0 Å². The number of hydrogen-bond donors (Lipinski definition) is 0. The Labute approximate surface area is 83.1 Å². The van der Waals surface area contributed by atoms with E-state index in [2.05, 4.69) is 30.6 Å². The highest BCUT2D eigenvalue weighted by atomic mass is 13.9. The molecule has 0 saturated carbocycles. The summed E-state index contributed by atoms with van der Waals surface area (Å²) in [5.41, 5.74) is 0. The van der Waals surface area contributed by atoms with Crippen LogP contribution in [0.5, 0.6) is 0 Å². The van der Waals surface area contributed by atoms with Crippen molar-refractivity contribution in [2.24, 2.45) is 0 Å². The van der Waals surface area contributed by atoms with Crippen LogP contribution >= 0.6 is 0 Å². The molecule has 0 heterocycles. The van der Waals surface area contributed by atoms with E-state index < -0.39 is 0 Å². The van der Waals surface area contributed by atoms with E-state index >= 15 is 0 Å². The van der Waals surface area contributed by atoms with E-state index in [4.69, 9.17) is 0 Å². The maximum atomic E-state index is 3.20. The summed E-state index contributed by atoms with van der Waals surface area (Å²) in [6.07, 6.45) is 8.06. The standard InChI is InChI=1S/C13H20/c1-3-5-7-9-11-13-12-10-8-6-4-2/h3,5,7-8,10,12-13H2,1-2H3. The minimum atomic E-state index is 1.03. The van der Waals surface area contributed by atoms with E-state index in [9.17, 15) is 0 Å². The molecule has 0 spiro atoms. The third-order valence-corrected chi connectivity index (χ3v) is 1.81. The van der Waals surface area contributed by atoms with Gasteiger partial charge in [0.15, 0.2) is 0 Å². The first-order valence-corrected chi connectivity index (χ1v) is 5.27. The fourth-order valence-electron chi connectivity index (χ4n) is 0.994. The molecule has 0 saturated heterocycles. The van der Waals surface area contributed by atoms with Crippen LogP contribution in [-0.4, -0.2) is 0 Å². The monoisotopic (exact) mass is 176 g/mol. The molecule has 0 aliphatic heterocycles. The van der Waals surface area contributed by atoms with Crippen LogP contribution in [0.1, 0.15) is 58.8 Å². The van der Waals surface area contributed by atoms with Gasteiger partial charge in [0.05, 0.1) is 0 Å². The van der Waals surface area contributed by atoms with Gasteiger partial charge in [-0.15, -0.1) is 23.7 Å². The average Bonchev–Trinajstić information content (AvgIpc) is 2.16. The summed E-state index contributed by atoms with van der Waals surface area (Å²) < 4.78 is 0. The molecule has 0 aromatic heterocycles. The van der Waals surface area contributed by atoms with Crippen LogP contribution < -0.4 is 0 Å². The first kappa shape index (κ1) is 12.1. The summed E-state index contributed by atoms with van der Waals surface area (Å²) in [7, 11) is 0. The van der Waals surface area contributed by atoms with E-state index in [0.717, 1.165) is 19.3 Å². The van der Waals surface area contributed by atoms with Crippen molar-refractivity contribution in [1.29, 1.82) is 0 Å². The molecule has 0 aromatic rings. The minimum Gasteiger partial charge on any atom is -0.107 e. The van der Waals surface area contributed by atoms with Gasteiger partial charge in [0.25, 0.3) is 0 Å². The van der Waals surface area contributed by atoms with Crippen LogP contribution in [0.25, 0.3) is 0 Å². The highest BCUT2D eigenvalue weighted by Gasteiger charge is 1.82. The second-order valence-electron chi connectivity index (χ2n) is 3.09. The molecule has 72 valence electrons. The summed E-state index contributed by atoms with van der Waals surface area (Å²) in [6.45, 7) is 4.09. The molecule has 0 nitrogen and oxygen atoms in total. The number of rotatable bonds is 5. The van der Waals surface area contributed by atoms with Gasteiger partial charge < -0.3 is 0 Å². The van der Waals surface area contributed by atoms with Gasteiger partial charge in [-0.25, -0.2) is 0 Å². The summed E-state index contributed by atoms with van der Waals surface area (Å²) in [5.74, 6) is 12.4. The Balaban J connectivity index is 3.11. The highest BCUT2D eigenvalue weighted by Crippen LogP contribution is 1.98. The molecule has 0 fully saturated rings. The van der Waals surface area contributed by atoms with Crippen molar-refractivity contribution in [3.63, 3.8) is 0 Å². The maximum absolute atomic E-state index is 3.20. The van der Waals surface area contributed by atoms with Crippen molar-refractivity contribution in [1.82, 2.24) is 0 Å². The van der Waals surface area contributed by atoms with Crippen molar-refractivity contribution < 1.29 is 0 Å². The molecule has 0 atom stereocenters. The highest BCUT2D eigenvalue weighted by molar-refractivity contribution is 4.99. The Kier molecular flexibility index (Phi) is 10.4. The molecule has 0 aromatic carbocycles. The molecule has 0 aliphatic carbocycles. The molecule has 0 aliphatic rings. The van der Waals surface area contributed by atoms with Gasteiger partial charge in [-0.1, -0.05) is 13.3 Å². The predicted molar refractivity (Wildman–Crippen MR) is 59.2 cm³/mol. The molecule has 0 heteroatoms. The van der Waals surface area contributed by atoms with Crippen LogP contribution in [-0.2, 0) is 0 Å². The molecular formula is C13H20. The lowest BCUT2D eigenvalue weighted by Gasteiger charge is -1.88. The van der Waals surface area contributed by atoms with E-state index in [1.807, 2.05) is 6.92 Å². The summed E-state index contributed by atoms with van der Waals surface area (Å²) in [4.78, 5) is 0. The maximum Gasteiger partial charge on any atom is 0.00890 e. The summed E-state index contributed by atoms with van der Waals surface area (Å²) in [6, 6.07) is 0. The normalized spacial score (nSPS) is 8.15. The molecule has 0 amide bonds. The third kappa shape index (κ3) is 11.1. The van der Waals surface area contributed by atoms with Gasteiger partial charge in [-0.2, -0.15) is 0 Å². The number of hydrogen-bond acceptors (Lipinski definition) is 0. The zero-order valence-corrected chi connectivity index (χ0v) is 8.95. The molecular weight excluding hydrogens is 156 g/mol. The zero-order valence-electron chi connectivity index (χ0n) is 8.95. The van der Waals surface area contributed by atoms with Crippen molar-refractivity contribution in [3.05, 3.63) is 0 Å². The summed E-state index contributed by atoms with van der Waals surface area (Å²) >= 11 is 0. The topological polar surface area (TPSA) is 0 Å². The lowest BCUT2D eigenvalue weighted by molar-refractivity contribution is 0.780. The molecule has 0 bridgehead atoms. The van der Waals surface area contributed by atoms with E-state index in [1.54, 1.807) is 0 Å². The van der Waals surface area contributed by atoms with Crippen LogP contribution in [0.2, 0.25) is 0 Å². The molecule has 0 rings (SSSR count). The second-order valence-corrected chi connectivity index (χ2v) is 3.09. The Morgan fingerprint density at radius 2 is 1.31 bits per heavy atom. The Morgan fingerprint density at radius 1 is 0.769 bits per heavy atom. The van der Waals surface area contributed by atoms with Crippen molar-refractivity contribution in [2.75, 3.05) is 0 Å². The van der Waals surface area contributed by atoms with E-state index in [1.165, 1.54) is 25.7 Å². The third-order valence-electron chi connectivity index (χ3n) is 1.81. The Hall–Kier alpha value is -0.880. The zero-order chi connectivity index (χ0) is 9.78. The van der Waals surface area contributed by atoms with Crippen LogP contribution in [0.4, 0.5) is 0 Å². The molecule has 0 unspecified atom stereocenters. The Morgan fingerprint density at radius 3 is 1.85 bits per heavy atom. The SMILES string of the molecule is CC#CCCCCC#CCCCC. The fraction of sp³-hybridized carbons (Fsp3) is 0.692. The van der Waals surface area contributed by atoms with Gasteiger partial charge in [-0.3, -0.25) is 0 Å². The van der Waals surface area contributed by atoms with Crippen LogP contribution in [0, 0.1) is 23.7 Å². The van der Waals surface area contributed by atoms with Crippen molar-refractivity contribution in [3.8, 4) is 23.7 Å². The van der Waals surface area contributed by atoms with Crippen LogP contribution in [0.15, 0.2) is 0 Å². The largest absolute Gasteiger partial charge is 0.107 e. The average molecular weight is 176 g/mol. The fourth-order valence-corrected chi connectivity index (χ4v) is 0.994. The van der Waals surface area contributed by atoms with Gasteiger partial charge in [0, 0.05) is 19.3 Å². The summed E-state index contributed by atoms with van der Waals surface area (Å²) in [5, 5.41) is 0. The molecule has 0 radical (unpaired) electrons. The molecule has 0 N–H and O–H groups in total. The predicted octanol–water partition coefficient (Wildman–Crippen LogP) is 3.76. The second kappa shape index (κ2) is 11.1. The quantitative estimate of drug-likeness (QED) is 0.442. The lowest BCUT2D eigenvalue weighted by atomic mass is 10.2. The smallest absolute Gasteiger partial charge is 0.00890 e. The van der Waals surface area contributed by atoms with Crippen molar-refractivity contribution >= 4 is 0 Å². The van der Waals surface area contributed by atoms with Gasteiger partial charge in [0.1, 0.15) is 0 Å². The first-order chi connectivity index (χ1) is 6.41. The van der Waals surface area contributed by atoms with Gasteiger partial charge in [-0.05, 0) is 26.2 Å². The van der Waals surface area contributed by atoms with E-state index in [-0.39, 0.29) is 0 Å². The first-order valence-electron chi connectivity index (χ1n) is 5.27. The van der Waals surface area contributed by atoms with Crippen LogP contribution in [0.3, 0.4) is 0 Å². The van der Waals surface area contributed by atoms with Gasteiger partial charge >= 0.3 is 0 Å². The minimum absolute atomic E-state index is 1.03. The van der Waals surface area contributed by atoms with Crippen molar-refractivity contribution in [2.45, 2.75) is 58.8 Å². The van der Waals surface area contributed by atoms with Gasteiger partial charge in [0.2, 0.25) is 0 Å².